The Hall–Kier alpha value is -2.23. The van der Waals surface area contributed by atoms with Gasteiger partial charge in [-0.05, 0) is 47.7 Å². The van der Waals surface area contributed by atoms with E-state index in [0.717, 1.165) is 9.26 Å². The summed E-state index contributed by atoms with van der Waals surface area (Å²) < 4.78 is 8.05. The number of nitrogens with zero attached hydrogens (tertiary/aromatic N) is 4. The fourth-order valence-electron chi connectivity index (χ4n) is 1.80. The molecular weight excluding hydrogens is 387 g/mol. The summed E-state index contributed by atoms with van der Waals surface area (Å²) in [6.45, 7) is 1.82. The number of carbonyl (C=O) groups is 1. The SMILES string of the molecule is Cc1cc(Oc2cc(C(=O)O)ccc2I)n2ncnc2n1. The molecule has 0 spiro atoms. The predicted octanol–water partition coefficient (Wildman–Crippen LogP) is 2.53. The number of aryl methyl sites for hydroxylation is 1. The average Bonchev–Trinajstić information content (AvgIpc) is 2.89. The van der Waals surface area contributed by atoms with Crippen molar-refractivity contribution in [2.45, 2.75) is 6.92 Å². The first-order chi connectivity index (χ1) is 10.0. The molecule has 0 bridgehead atoms. The van der Waals surface area contributed by atoms with Crippen LogP contribution in [0.2, 0.25) is 0 Å². The summed E-state index contributed by atoms with van der Waals surface area (Å²) in [6, 6.07) is 6.40. The second kappa shape index (κ2) is 5.28. The molecule has 0 aliphatic rings. The van der Waals surface area contributed by atoms with Crippen LogP contribution in [0.3, 0.4) is 0 Å². The Kier molecular flexibility index (Phi) is 3.45. The number of rotatable bonds is 3. The maximum Gasteiger partial charge on any atom is 0.335 e. The molecule has 0 amide bonds. The quantitative estimate of drug-likeness (QED) is 0.685. The number of benzene rings is 1. The fraction of sp³-hybridized carbons (Fsp3) is 0.0769. The Morgan fingerprint density at radius 1 is 1.38 bits per heavy atom. The zero-order valence-corrected chi connectivity index (χ0v) is 13.0. The van der Waals surface area contributed by atoms with E-state index >= 15 is 0 Å². The highest BCUT2D eigenvalue weighted by Crippen LogP contribution is 2.28. The number of carboxylic acids is 1. The van der Waals surface area contributed by atoms with Gasteiger partial charge >= 0.3 is 5.97 Å². The van der Waals surface area contributed by atoms with Crippen LogP contribution in [0.5, 0.6) is 11.6 Å². The van der Waals surface area contributed by atoms with Crippen molar-refractivity contribution < 1.29 is 14.6 Å². The van der Waals surface area contributed by atoms with Crippen LogP contribution in [-0.2, 0) is 0 Å². The minimum Gasteiger partial charge on any atom is -0.478 e. The molecule has 0 fully saturated rings. The standard InChI is InChI=1S/C13H9IN4O3/c1-7-4-11(18-13(17-7)15-6-16-18)21-10-5-8(12(19)20)2-3-9(10)14/h2-6H,1H3,(H,19,20). The lowest BCUT2D eigenvalue weighted by molar-refractivity contribution is 0.0696. The number of fused-ring (bicyclic) bond motifs is 1. The van der Waals surface area contributed by atoms with Gasteiger partial charge in [0.2, 0.25) is 5.88 Å². The van der Waals surface area contributed by atoms with Gasteiger partial charge in [-0.2, -0.15) is 14.6 Å². The topological polar surface area (TPSA) is 89.6 Å². The van der Waals surface area contributed by atoms with Gasteiger partial charge in [0, 0.05) is 11.8 Å². The first-order valence-electron chi connectivity index (χ1n) is 5.92. The van der Waals surface area contributed by atoms with Crippen LogP contribution in [0.4, 0.5) is 0 Å². The van der Waals surface area contributed by atoms with Gasteiger partial charge in [-0.3, -0.25) is 0 Å². The Bertz CT molecular complexity index is 847. The van der Waals surface area contributed by atoms with Crippen molar-refractivity contribution in [3.8, 4) is 11.6 Å². The van der Waals surface area contributed by atoms with Gasteiger partial charge in [-0.25, -0.2) is 9.78 Å². The van der Waals surface area contributed by atoms with E-state index in [-0.39, 0.29) is 5.56 Å². The van der Waals surface area contributed by atoms with Crippen LogP contribution in [0.1, 0.15) is 16.1 Å². The molecule has 3 rings (SSSR count). The number of halogens is 1. The molecule has 2 heterocycles. The smallest absolute Gasteiger partial charge is 0.335 e. The molecule has 8 heteroatoms. The molecule has 0 saturated heterocycles. The molecule has 106 valence electrons. The van der Waals surface area contributed by atoms with E-state index in [2.05, 4.69) is 37.7 Å². The lowest BCUT2D eigenvalue weighted by atomic mass is 10.2. The lowest BCUT2D eigenvalue weighted by Gasteiger charge is -2.10. The molecule has 0 aliphatic heterocycles. The molecule has 0 aliphatic carbocycles. The van der Waals surface area contributed by atoms with Crippen LogP contribution < -0.4 is 4.74 Å². The van der Waals surface area contributed by atoms with Crippen LogP contribution in [0.25, 0.3) is 5.78 Å². The van der Waals surface area contributed by atoms with Gasteiger partial charge < -0.3 is 9.84 Å². The Labute approximate surface area is 132 Å². The van der Waals surface area contributed by atoms with Crippen molar-refractivity contribution in [1.29, 1.82) is 0 Å². The van der Waals surface area contributed by atoms with Crippen LogP contribution in [-0.4, -0.2) is 30.7 Å². The van der Waals surface area contributed by atoms with Crippen LogP contribution in [0.15, 0.2) is 30.6 Å². The van der Waals surface area contributed by atoms with E-state index in [1.807, 2.05) is 6.92 Å². The minimum atomic E-state index is -1.01. The van der Waals surface area contributed by atoms with Crippen molar-refractivity contribution >= 4 is 34.3 Å². The third kappa shape index (κ3) is 2.66. The lowest BCUT2D eigenvalue weighted by Crippen LogP contribution is -2.02. The highest BCUT2D eigenvalue weighted by molar-refractivity contribution is 14.1. The summed E-state index contributed by atoms with van der Waals surface area (Å²) >= 11 is 2.08. The van der Waals surface area contributed by atoms with E-state index in [1.165, 1.54) is 23.0 Å². The normalized spacial score (nSPS) is 10.8. The number of ether oxygens (including phenoxy) is 1. The largest absolute Gasteiger partial charge is 0.478 e. The van der Waals surface area contributed by atoms with Gasteiger partial charge in [-0.15, -0.1) is 0 Å². The molecule has 7 nitrogen and oxygen atoms in total. The summed E-state index contributed by atoms with van der Waals surface area (Å²) in [6.07, 6.45) is 1.38. The summed E-state index contributed by atoms with van der Waals surface area (Å²) in [4.78, 5) is 19.3. The average molecular weight is 396 g/mol. The molecule has 0 saturated carbocycles. The van der Waals surface area contributed by atoms with Crippen molar-refractivity contribution in [1.82, 2.24) is 19.6 Å². The Morgan fingerprint density at radius 3 is 2.95 bits per heavy atom. The molecule has 1 aromatic carbocycles. The first kappa shape index (κ1) is 13.7. The first-order valence-corrected chi connectivity index (χ1v) is 7.00. The fourth-order valence-corrected chi connectivity index (χ4v) is 2.24. The molecule has 21 heavy (non-hydrogen) atoms. The molecule has 0 radical (unpaired) electrons. The maximum absolute atomic E-state index is 11.0. The van der Waals surface area contributed by atoms with E-state index in [9.17, 15) is 4.79 Å². The minimum absolute atomic E-state index is 0.158. The molecular formula is C13H9IN4O3. The predicted molar refractivity (Wildman–Crippen MR) is 81.7 cm³/mol. The monoisotopic (exact) mass is 396 g/mol. The highest BCUT2D eigenvalue weighted by Gasteiger charge is 2.12. The zero-order valence-electron chi connectivity index (χ0n) is 10.8. The molecule has 0 unspecified atom stereocenters. The summed E-state index contributed by atoms with van der Waals surface area (Å²) in [5, 5.41) is 13.1. The van der Waals surface area contributed by atoms with Gasteiger partial charge in [0.25, 0.3) is 5.78 Å². The number of hydrogen-bond acceptors (Lipinski definition) is 5. The second-order valence-electron chi connectivity index (χ2n) is 4.26. The van der Waals surface area contributed by atoms with Crippen molar-refractivity contribution in [2.24, 2.45) is 0 Å². The van der Waals surface area contributed by atoms with Gasteiger partial charge in [0.05, 0.1) is 9.13 Å². The number of hydrogen-bond donors (Lipinski definition) is 1. The third-order valence-corrected chi connectivity index (χ3v) is 3.63. The van der Waals surface area contributed by atoms with E-state index < -0.39 is 5.97 Å². The maximum atomic E-state index is 11.0. The highest BCUT2D eigenvalue weighted by atomic mass is 127. The summed E-state index contributed by atoms with van der Waals surface area (Å²) in [5.74, 6) is 0.288. The number of aromatic nitrogens is 4. The summed E-state index contributed by atoms with van der Waals surface area (Å²) in [7, 11) is 0. The van der Waals surface area contributed by atoms with Crippen LogP contribution in [0, 0.1) is 10.5 Å². The van der Waals surface area contributed by atoms with E-state index in [0.29, 0.717) is 17.4 Å². The van der Waals surface area contributed by atoms with Crippen molar-refractivity contribution in [3.63, 3.8) is 0 Å². The summed E-state index contributed by atoms with van der Waals surface area (Å²) in [5.41, 5.74) is 0.890. The Balaban J connectivity index is 2.08. The number of carboxylic acid groups (broad SMARTS) is 1. The van der Waals surface area contributed by atoms with E-state index in [1.54, 1.807) is 12.1 Å². The van der Waals surface area contributed by atoms with Crippen molar-refractivity contribution in [3.05, 3.63) is 45.4 Å². The molecule has 2 aromatic heterocycles. The molecule has 0 atom stereocenters. The third-order valence-electron chi connectivity index (χ3n) is 2.74. The Morgan fingerprint density at radius 2 is 2.19 bits per heavy atom. The van der Waals surface area contributed by atoms with Gasteiger partial charge in [-0.1, -0.05) is 0 Å². The van der Waals surface area contributed by atoms with Gasteiger partial charge in [0.15, 0.2) is 0 Å². The molecule has 3 aromatic rings. The van der Waals surface area contributed by atoms with E-state index in [4.69, 9.17) is 9.84 Å². The molecule has 1 N–H and O–H groups in total. The van der Waals surface area contributed by atoms with Crippen LogP contribution >= 0.6 is 22.6 Å². The zero-order chi connectivity index (χ0) is 15.0. The van der Waals surface area contributed by atoms with Crippen molar-refractivity contribution in [2.75, 3.05) is 0 Å². The number of aromatic carboxylic acids is 1. The van der Waals surface area contributed by atoms with Gasteiger partial charge in [0.1, 0.15) is 12.1 Å². The second-order valence-corrected chi connectivity index (χ2v) is 5.42.